The van der Waals surface area contributed by atoms with Crippen molar-refractivity contribution in [2.45, 2.75) is 0 Å². The minimum atomic E-state index is 0.587. The summed E-state index contributed by atoms with van der Waals surface area (Å²) in [4.78, 5) is 25.5. The molecular formula is C59H39N7. The molecule has 0 amide bonds. The molecule has 12 rings (SSSR count). The van der Waals surface area contributed by atoms with Crippen LogP contribution < -0.4 is 0 Å². The van der Waals surface area contributed by atoms with Gasteiger partial charge in [-0.2, -0.15) is 0 Å². The first-order chi connectivity index (χ1) is 32.7. The highest BCUT2D eigenvalue weighted by Gasteiger charge is 2.18. The van der Waals surface area contributed by atoms with Gasteiger partial charge in [-0.25, -0.2) is 24.9 Å². The quantitative estimate of drug-likeness (QED) is 0.145. The second-order valence-corrected chi connectivity index (χ2v) is 16.2. The van der Waals surface area contributed by atoms with Gasteiger partial charge in [-0.3, -0.25) is 9.13 Å². The lowest BCUT2D eigenvalue weighted by molar-refractivity contribution is 1.07. The summed E-state index contributed by atoms with van der Waals surface area (Å²) in [6.45, 7) is 0. The van der Waals surface area contributed by atoms with Crippen molar-refractivity contribution in [2.24, 2.45) is 0 Å². The summed E-state index contributed by atoms with van der Waals surface area (Å²) in [6, 6.07) is 81.6. The smallest absolute Gasteiger partial charge is 0.164 e. The van der Waals surface area contributed by atoms with Gasteiger partial charge in [-0.1, -0.05) is 164 Å². The molecule has 3 heterocycles. The molecule has 0 radical (unpaired) electrons. The van der Waals surface area contributed by atoms with Crippen LogP contribution in [0.4, 0.5) is 0 Å². The molecule has 7 heteroatoms. The lowest BCUT2D eigenvalue weighted by Crippen LogP contribution is -2.02. The van der Waals surface area contributed by atoms with Crippen LogP contribution in [0.5, 0.6) is 0 Å². The Hall–Kier alpha value is -9.07. The summed E-state index contributed by atoms with van der Waals surface area (Å²) < 4.78 is 4.45. The molecule has 0 saturated carbocycles. The van der Waals surface area contributed by atoms with Gasteiger partial charge in [0.15, 0.2) is 17.5 Å². The molecule has 0 unspecified atom stereocenters. The third-order valence-electron chi connectivity index (χ3n) is 12.1. The highest BCUT2D eigenvalue weighted by molar-refractivity contribution is 5.85. The van der Waals surface area contributed by atoms with Gasteiger partial charge in [0.05, 0.1) is 22.1 Å². The average molecular weight is 846 g/mol. The second kappa shape index (κ2) is 16.6. The number of para-hydroxylation sites is 4. The molecule has 3 aromatic heterocycles. The van der Waals surface area contributed by atoms with Gasteiger partial charge in [0.25, 0.3) is 0 Å². The van der Waals surface area contributed by atoms with E-state index in [9.17, 15) is 0 Å². The van der Waals surface area contributed by atoms with E-state index in [0.29, 0.717) is 17.5 Å². The molecule has 310 valence electrons. The van der Waals surface area contributed by atoms with Crippen molar-refractivity contribution < 1.29 is 0 Å². The minimum Gasteiger partial charge on any atom is -0.292 e. The van der Waals surface area contributed by atoms with Crippen LogP contribution in [0.1, 0.15) is 0 Å². The molecule has 12 aromatic rings. The monoisotopic (exact) mass is 845 g/mol. The van der Waals surface area contributed by atoms with E-state index >= 15 is 0 Å². The summed E-state index contributed by atoms with van der Waals surface area (Å²) in [6.07, 6.45) is 0. The van der Waals surface area contributed by atoms with Crippen molar-refractivity contribution in [1.29, 1.82) is 0 Å². The van der Waals surface area contributed by atoms with Gasteiger partial charge in [-0.05, 0) is 95.1 Å². The van der Waals surface area contributed by atoms with Gasteiger partial charge < -0.3 is 0 Å². The number of imidazole rings is 2. The molecule has 0 aliphatic rings. The van der Waals surface area contributed by atoms with E-state index in [1.807, 2.05) is 54.6 Å². The molecule has 0 aliphatic carbocycles. The Morgan fingerprint density at radius 3 is 0.864 bits per heavy atom. The van der Waals surface area contributed by atoms with E-state index < -0.39 is 0 Å². The zero-order chi connectivity index (χ0) is 43.8. The van der Waals surface area contributed by atoms with E-state index in [2.05, 4.69) is 191 Å². The largest absolute Gasteiger partial charge is 0.292 e. The molecule has 0 atom stereocenters. The number of hydrogen-bond acceptors (Lipinski definition) is 5. The van der Waals surface area contributed by atoms with Crippen LogP contribution in [-0.2, 0) is 0 Å². The lowest BCUT2D eigenvalue weighted by atomic mass is 10.0. The van der Waals surface area contributed by atoms with Gasteiger partial charge >= 0.3 is 0 Å². The van der Waals surface area contributed by atoms with E-state index in [0.717, 1.165) is 84.0 Å². The van der Waals surface area contributed by atoms with Crippen LogP contribution >= 0.6 is 0 Å². The number of rotatable bonds is 9. The first-order valence-corrected chi connectivity index (χ1v) is 22.0. The zero-order valence-electron chi connectivity index (χ0n) is 35.6. The number of benzene rings is 9. The van der Waals surface area contributed by atoms with Crippen LogP contribution in [0.3, 0.4) is 0 Å². The molecule has 7 nitrogen and oxygen atoms in total. The minimum absolute atomic E-state index is 0.587. The maximum atomic E-state index is 5.13. The van der Waals surface area contributed by atoms with Crippen LogP contribution in [-0.4, -0.2) is 34.1 Å². The Labute approximate surface area is 381 Å². The van der Waals surface area contributed by atoms with E-state index in [1.165, 1.54) is 11.1 Å². The normalized spacial score (nSPS) is 11.3. The fourth-order valence-electron chi connectivity index (χ4n) is 8.72. The van der Waals surface area contributed by atoms with E-state index in [1.54, 1.807) is 0 Å². The number of hydrogen-bond donors (Lipinski definition) is 0. The van der Waals surface area contributed by atoms with Gasteiger partial charge in [-0.15, -0.1) is 0 Å². The fraction of sp³-hybridized carbons (Fsp3) is 0. The predicted molar refractivity (Wildman–Crippen MR) is 267 cm³/mol. The summed E-state index contributed by atoms with van der Waals surface area (Å²) in [5.41, 5.74) is 15.3. The van der Waals surface area contributed by atoms with Gasteiger partial charge in [0, 0.05) is 39.2 Å². The van der Waals surface area contributed by atoms with Gasteiger partial charge in [0.1, 0.15) is 11.6 Å². The van der Waals surface area contributed by atoms with Crippen LogP contribution in [0.15, 0.2) is 237 Å². The summed E-state index contributed by atoms with van der Waals surface area (Å²) in [5.74, 6) is 3.52. The van der Waals surface area contributed by atoms with Crippen molar-refractivity contribution in [1.82, 2.24) is 34.1 Å². The third-order valence-corrected chi connectivity index (χ3v) is 12.1. The summed E-state index contributed by atoms with van der Waals surface area (Å²) in [5, 5.41) is 0. The van der Waals surface area contributed by atoms with Crippen molar-refractivity contribution in [3.63, 3.8) is 0 Å². The SMILES string of the molecule is c1ccc(-c2ccc(-c3nc4ccccc4n3-c3ccc(-c4nc(-c5ccccc5)nc(-c5ccc(-n6c(-c7ccc(-c8ccccc8)cc7)nc7ccccc76)cc5)n4)cc3)cc2)cc1. The highest BCUT2D eigenvalue weighted by Crippen LogP contribution is 2.34. The molecular weight excluding hydrogens is 807 g/mol. The summed E-state index contributed by atoms with van der Waals surface area (Å²) in [7, 11) is 0. The molecule has 0 saturated heterocycles. The van der Waals surface area contributed by atoms with E-state index in [4.69, 9.17) is 24.9 Å². The predicted octanol–water partition coefficient (Wildman–Crippen LogP) is 14.2. The topological polar surface area (TPSA) is 74.3 Å². The average Bonchev–Trinajstić information content (AvgIpc) is 3.99. The van der Waals surface area contributed by atoms with E-state index in [-0.39, 0.29) is 0 Å². The van der Waals surface area contributed by atoms with Gasteiger partial charge in [0.2, 0.25) is 0 Å². The Balaban J connectivity index is 0.902. The second-order valence-electron chi connectivity index (χ2n) is 16.2. The van der Waals surface area contributed by atoms with Crippen molar-refractivity contribution in [2.75, 3.05) is 0 Å². The van der Waals surface area contributed by atoms with Crippen LogP contribution in [0.25, 0.3) is 113 Å². The van der Waals surface area contributed by atoms with Crippen molar-refractivity contribution in [3.05, 3.63) is 237 Å². The molecule has 66 heavy (non-hydrogen) atoms. The first-order valence-electron chi connectivity index (χ1n) is 22.0. The third kappa shape index (κ3) is 7.20. The number of aromatic nitrogens is 7. The maximum absolute atomic E-state index is 5.13. The molecule has 0 spiro atoms. The molecule has 0 N–H and O–H groups in total. The molecule has 0 bridgehead atoms. The first kappa shape index (κ1) is 38.6. The van der Waals surface area contributed by atoms with Crippen LogP contribution in [0, 0.1) is 0 Å². The standard InChI is InChI=1S/C59H39N7/c1-4-14-40(15-5-1)42-24-28-47(29-25-42)58-60-51-20-10-12-22-53(51)65(58)49-36-32-45(33-37-49)56-62-55(44-18-8-3-9-19-44)63-57(64-56)46-34-38-50(39-35-46)66-54-23-13-11-21-52(54)61-59(66)48-30-26-43(27-31-48)41-16-6-2-7-17-41/h1-39H. The Bertz CT molecular complexity index is 3420. The summed E-state index contributed by atoms with van der Waals surface area (Å²) >= 11 is 0. The maximum Gasteiger partial charge on any atom is 0.164 e. The Morgan fingerprint density at radius 1 is 0.212 bits per heavy atom. The van der Waals surface area contributed by atoms with Crippen molar-refractivity contribution in [3.8, 4) is 90.6 Å². The zero-order valence-corrected chi connectivity index (χ0v) is 35.6. The number of fused-ring (bicyclic) bond motifs is 2. The van der Waals surface area contributed by atoms with Crippen molar-refractivity contribution >= 4 is 22.1 Å². The fourth-order valence-corrected chi connectivity index (χ4v) is 8.72. The molecule has 0 aliphatic heterocycles. The lowest BCUT2D eigenvalue weighted by Gasteiger charge is -2.13. The highest BCUT2D eigenvalue weighted by atomic mass is 15.1. The Kier molecular flexibility index (Phi) is 9.69. The molecule has 9 aromatic carbocycles. The van der Waals surface area contributed by atoms with Crippen LogP contribution in [0.2, 0.25) is 0 Å². The molecule has 0 fully saturated rings. The number of nitrogens with zero attached hydrogens (tertiary/aromatic N) is 7. The Morgan fingerprint density at radius 2 is 0.485 bits per heavy atom.